The van der Waals surface area contributed by atoms with Crippen LogP contribution in [-0.2, 0) is 4.79 Å². The Morgan fingerprint density at radius 1 is 1.33 bits per heavy atom. The molecule has 3 nitrogen and oxygen atoms in total. The molecular formula is C12H26N2O. The summed E-state index contributed by atoms with van der Waals surface area (Å²) in [7, 11) is 0. The number of primary amides is 1. The largest absolute Gasteiger partial charge is 0.370 e. The molecular weight excluding hydrogens is 188 g/mol. The highest BCUT2D eigenvalue weighted by molar-refractivity contribution is 5.73. The number of carbonyl (C=O) groups excluding carboxylic acids is 1. The molecule has 0 atom stereocenters. The summed E-state index contributed by atoms with van der Waals surface area (Å²) in [6.45, 7) is 9.73. The second-order valence-corrected chi connectivity index (χ2v) is 4.09. The fraction of sp³-hybridized carbons (Fsp3) is 0.917. The molecule has 1 aliphatic heterocycles. The van der Waals surface area contributed by atoms with Crippen molar-refractivity contribution in [2.24, 2.45) is 11.7 Å². The number of nitrogens with zero attached hydrogens (tertiary/aromatic N) is 1. The molecule has 0 unspecified atom stereocenters. The van der Waals surface area contributed by atoms with E-state index < -0.39 is 0 Å². The first kappa shape index (κ1) is 14.4. The summed E-state index contributed by atoms with van der Waals surface area (Å²) >= 11 is 0. The topological polar surface area (TPSA) is 46.3 Å². The van der Waals surface area contributed by atoms with E-state index in [9.17, 15) is 4.79 Å². The number of hydrogen-bond acceptors (Lipinski definition) is 2. The van der Waals surface area contributed by atoms with E-state index in [1.165, 1.54) is 25.9 Å². The average Bonchev–Trinajstić information content (AvgIpc) is 2.23. The molecule has 1 heterocycles. The van der Waals surface area contributed by atoms with E-state index in [4.69, 9.17) is 5.73 Å². The van der Waals surface area contributed by atoms with Gasteiger partial charge < -0.3 is 10.6 Å². The van der Waals surface area contributed by atoms with Crippen LogP contribution in [0.4, 0.5) is 0 Å². The molecule has 2 N–H and O–H groups in total. The Bertz CT molecular complexity index is 163. The maximum Gasteiger partial charge on any atom is 0.217 e. The highest BCUT2D eigenvalue weighted by atomic mass is 16.1. The van der Waals surface area contributed by atoms with Crippen LogP contribution in [0.25, 0.3) is 0 Å². The lowest BCUT2D eigenvalue weighted by Crippen LogP contribution is -2.34. The Morgan fingerprint density at radius 2 is 1.87 bits per heavy atom. The van der Waals surface area contributed by atoms with Crippen LogP contribution in [0, 0.1) is 5.92 Å². The second kappa shape index (κ2) is 8.72. The zero-order valence-corrected chi connectivity index (χ0v) is 10.5. The van der Waals surface area contributed by atoms with Crippen LogP contribution < -0.4 is 5.73 Å². The minimum atomic E-state index is -0.176. The predicted molar refractivity (Wildman–Crippen MR) is 64.6 cm³/mol. The zero-order chi connectivity index (χ0) is 11.7. The maximum absolute atomic E-state index is 10.5. The molecule has 3 heteroatoms. The highest BCUT2D eigenvalue weighted by Gasteiger charge is 2.14. The number of piperidine rings is 1. The van der Waals surface area contributed by atoms with Crippen molar-refractivity contribution in [2.75, 3.05) is 19.6 Å². The number of nitrogens with two attached hydrogens (primary N) is 1. The molecule has 0 saturated carbocycles. The van der Waals surface area contributed by atoms with Gasteiger partial charge in [-0.1, -0.05) is 20.8 Å². The molecule has 0 aromatic heterocycles. The fourth-order valence-corrected chi connectivity index (χ4v) is 1.76. The van der Waals surface area contributed by atoms with E-state index in [1.807, 2.05) is 13.8 Å². The maximum atomic E-state index is 10.5. The van der Waals surface area contributed by atoms with Crippen molar-refractivity contribution < 1.29 is 4.79 Å². The normalized spacial score (nSPS) is 18.1. The van der Waals surface area contributed by atoms with Crippen LogP contribution in [0.3, 0.4) is 0 Å². The second-order valence-electron chi connectivity index (χ2n) is 4.09. The predicted octanol–water partition coefficient (Wildman–Crippen LogP) is 2.01. The highest BCUT2D eigenvalue weighted by Crippen LogP contribution is 2.15. The van der Waals surface area contributed by atoms with Crippen LogP contribution in [-0.4, -0.2) is 30.4 Å². The van der Waals surface area contributed by atoms with Gasteiger partial charge in [0.1, 0.15) is 0 Å². The van der Waals surface area contributed by atoms with Gasteiger partial charge in [0, 0.05) is 6.42 Å². The zero-order valence-electron chi connectivity index (χ0n) is 10.5. The summed E-state index contributed by atoms with van der Waals surface area (Å²) in [5.41, 5.74) is 5.07. The van der Waals surface area contributed by atoms with Gasteiger partial charge in [0.15, 0.2) is 0 Å². The van der Waals surface area contributed by atoms with Crippen LogP contribution in [0.2, 0.25) is 0 Å². The Kier molecular flexibility index (Phi) is 8.38. The molecule has 1 aliphatic rings. The van der Waals surface area contributed by atoms with Crippen molar-refractivity contribution in [2.45, 2.75) is 46.5 Å². The first-order valence-electron chi connectivity index (χ1n) is 6.19. The summed E-state index contributed by atoms with van der Waals surface area (Å²) in [4.78, 5) is 12.9. The molecule has 1 rings (SSSR count). The molecule has 0 aromatic rings. The Balaban J connectivity index is 0.000000921. The molecule has 15 heavy (non-hydrogen) atoms. The van der Waals surface area contributed by atoms with Gasteiger partial charge in [-0.3, -0.25) is 4.79 Å². The summed E-state index contributed by atoms with van der Waals surface area (Å²) in [5, 5.41) is 0. The van der Waals surface area contributed by atoms with Crippen LogP contribution in [0.5, 0.6) is 0 Å². The van der Waals surface area contributed by atoms with E-state index in [-0.39, 0.29) is 5.91 Å². The molecule has 0 spiro atoms. The van der Waals surface area contributed by atoms with Crippen molar-refractivity contribution in [1.82, 2.24) is 4.90 Å². The number of amides is 1. The minimum absolute atomic E-state index is 0.176. The van der Waals surface area contributed by atoms with Crippen LogP contribution in [0.1, 0.15) is 46.5 Å². The van der Waals surface area contributed by atoms with Crippen LogP contribution in [0.15, 0.2) is 0 Å². The third kappa shape index (κ3) is 7.37. The monoisotopic (exact) mass is 214 g/mol. The van der Waals surface area contributed by atoms with E-state index in [0.717, 1.165) is 18.9 Å². The SMILES string of the molecule is CC.CC1CCN(CCCC(N)=O)CC1. The molecule has 0 aromatic carbocycles. The lowest BCUT2D eigenvalue weighted by Gasteiger charge is -2.29. The number of carbonyl (C=O) groups is 1. The molecule has 1 saturated heterocycles. The first-order chi connectivity index (χ1) is 7.18. The van der Waals surface area contributed by atoms with Crippen molar-refractivity contribution >= 4 is 5.91 Å². The fourth-order valence-electron chi connectivity index (χ4n) is 1.76. The average molecular weight is 214 g/mol. The number of likely N-dealkylation sites (tertiary alicyclic amines) is 1. The Labute approximate surface area is 94.0 Å². The quantitative estimate of drug-likeness (QED) is 0.778. The first-order valence-corrected chi connectivity index (χ1v) is 6.19. The van der Waals surface area contributed by atoms with Gasteiger partial charge in [-0.05, 0) is 44.8 Å². The Hall–Kier alpha value is -0.570. The minimum Gasteiger partial charge on any atom is -0.370 e. The van der Waals surface area contributed by atoms with Crippen molar-refractivity contribution in [3.63, 3.8) is 0 Å². The smallest absolute Gasteiger partial charge is 0.217 e. The Morgan fingerprint density at radius 3 is 2.33 bits per heavy atom. The lowest BCUT2D eigenvalue weighted by atomic mass is 9.99. The molecule has 1 amide bonds. The number of hydrogen-bond donors (Lipinski definition) is 1. The van der Waals surface area contributed by atoms with Crippen molar-refractivity contribution in [3.8, 4) is 0 Å². The van der Waals surface area contributed by atoms with Gasteiger partial charge in [-0.15, -0.1) is 0 Å². The summed E-state index contributed by atoms with van der Waals surface area (Å²) in [6, 6.07) is 0. The molecule has 90 valence electrons. The van der Waals surface area contributed by atoms with E-state index in [1.54, 1.807) is 0 Å². The number of rotatable bonds is 4. The van der Waals surface area contributed by atoms with Gasteiger partial charge in [0.05, 0.1) is 0 Å². The van der Waals surface area contributed by atoms with Gasteiger partial charge in [-0.25, -0.2) is 0 Å². The van der Waals surface area contributed by atoms with Gasteiger partial charge in [0.2, 0.25) is 5.91 Å². The summed E-state index contributed by atoms with van der Waals surface area (Å²) in [5.74, 6) is 0.706. The third-order valence-corrected chi connectivity index (χ3v) is 2.77. The van der Waals surface area contributed by atoms with Gasteiger partial charge >= 0.3 is 0 Å². The lowest BCUT2D eigenvalue weighted by molar-refractivity contribution is -0.118. The van der Waals surface area contributed by atoms with Crippen molar-refractivity contribution in [3.05, 3.63) is 0 Å². The summed E-state index contributed by atoms with van der Waals surface area (Å²) in [6.07, 6.45) is 4.06. The van der Waals surface area contributed by atoms with E-state index in [0.29, 0.717) is 6.42 Å². The van der Waals surface area contributed by atoms with E-state index in [2.05, 4.69) is 11.8 Å². The summed E-state index contributed by atoms with van der Waals surface area (Å²) < 4.78 is 0. The van der Waals surface area contributed by atoms with Gasteiger partial charge in [0.25, 0.3) is 0 Å². The molecule has 1 fully saturated rings. The van der Waals surface area contributed by atoms with Crippen LogP contribution >= 0.6 is 0 Å². The molecule has 0 aliphatic carbocycles. The molecule has 0 bridgehead atoms. The standard InChI is InChI=1S/C10H20N2O.C2H6/c1-9-4-7-12(8-5-9)6-2-3-10(11)13;1-2/h9H,2-8H2,1H3,(H2,11,13);1-2H3. The molecule has 0 radical (unpaired) electrons. The van der Waals surface area contributed by atoms with Gasteiger partial charge in [-0.2, -0.15) is 0 Å². The third-order valence-electron chi connectivity index (χ3n) is 2.77. The van der Waals surface area contributed by atoms with E-state index >= 15 is 0 Å². The van der Waals surface area contributed by atoms with Crippen molar-refractivity contribution in [1.29, 1.82) is 0 Å².